The van der Waals surface area contributed by atoms with Gasteiger partial charge in [-0.1, -0.05) is 19.1 Å². The highest BCUT2D eigenvalue weighted by molar-refractivity contribution is 5.31. The van der Waals surface area contributed by atoms with Gasteiger partial charge in [-0.05, 0) is 18.9 Å². The van der Waals surface area contributed by atoms with Gasteiger partial charge in [0.15, 0.2) is 11.6 Å². The predicted octanol–water partition coefficient (Wildman–Crippen LogP) is 2.96. The summed E-state index contributed by atoms with van der Waals surface area (Å²) in [7, 11) is 0. The SMILES string of the molecule is CCCn1cncc1C(O)c1ccc(C)c(F)c1F. The largest absolute Gasteiger partial charge is 0.382 e. The highest BCUT2D eigenvalue weighted by Crippen LogP contribution is 2.26. The Kier molecular flexibility index (Phi) is 3.95. The molecule has 0 saturated carbocycles. The summed E-state index contributed by atoms with van der Waals surface area (Å²) in [5.41, 5.74) is 0.612. The highest BCUT2D eigenvalue weighted by Gasteiger charge is 2.21. The standard InChI is InChI=1S/C14H16F2N2O/c1-3-6-18-8-17-7-11(18)14(19)10-5-4-9(2)12(15)13(10)16/h4-5,7-8,14,19H,3,6H2,1-2H3. The number of aryl methyl sites for hydroxylation is 2. The minimum absolute atomic E-state index is 0.0686. The van der Waals surface area contributed by atoms with Crippen LogP contribution in [0.3, 0.4) is 0 Å². The molecule has 2 aromatic rings. The Hall–Kier alpha value is -1.75. The van der Waals surface area contributed by atoms with Crippen LogP contribution in [0.15, 0.2) is 24.7 Å². The van der Waals surface area contributed by atoms with Crippen molar-refractivity contribution in [2.45, 2.75) is 32.9 Å². The van der Waals surface area contributed by atoms with Crippen LogP contribution in [0.5, 0.6) is 0 Å². The van der Waals surface area contributed by atoms with Crippen LogP contribution in [-0.4, -0.2) is 14.7 Å². The molecule has 0 fully saturated rings. The molecule has 1 unspecified atom stereocenters. The summed E-state index contributed by atoms with van der Waals surface area (Å²) in [4.78, 5) is 3.94. The van der Waals surface area contributed by atoms with Gasteiger partial charge in [-0.25, -0.2) is 13.8 Å². The number of aliphatic hydroxyl groups excluding tert-OH is 1. The molecule has 0 bridgehead atoms. The average molecular weight is 266 g/mol. The fourth-order valence-electron chi connectivity index (χ4n) is 2.02. The summed E-state index contributed by atoms with van der Waals surface area (Å²) in [6.45, 7) is 4.14. The van der Waals surface area contributed by atoms with Gasteiger partial charge in [0, 0.05) is 12.1 Å². The number of imidazole rings is 1. The van der Waals surface area contributed by atoms with Crippen LogP contribution >= 0.6 is 0 Å². The number of nitrogens with zero attached hydrogens (tertiary/aromatic N) is 2. The smallest absolute Gasteiger partial charge is 0.165 e. The minimum atomic E-state index is -1.22. The monoisotopic (exact) mass is 266 g/mol. The summed E-state index contributed by atoms with van der Waals surface area (Å²) >= 11 is 0. The van der Waals surface area contributed by atoms with E-state index in [0.29, 0.717) is 12.2 Å². The average Bonchev–Trinajstić information content (AvgIpc) is 2.84. The van der Waals surface area contributed by atoms with E-state index < -0.39 is 17.7 Å². The Balaban J connectivity index is 2.41. The van der Waals surface area contributed by atoms with Crippen LogP contribution < -0.4 is 0 Å². The van der Waals surface area contributed by atoms with Crippen LogP contribution in [0.1, 0.15) is 36.3 Å². The summed E-state index contributed by atoms with van der Waals surface area (Å²) in [6, 6.07) is 2.86. The van der Waals surface area contributed by atoms with Crippen molar-refractivity contribution in [1.82, 2.24) is 9.55 Å². The van der Waals surface area contributed by atoms with Crippen LogP contribution in [0.25, 0.3) is 0 Å². The second-order valence-electron chi connectivity index (χ2n) is 4.51. The number of halogens is 2. The van der Waals surface area contributed by atoms with Crippen molar-refractivity contribution in [1.29, 1.82) is 0 Å². The lowest BCUT2D eigenvalue weighted by Crippen LogP contribution is -2.10. The van der Waals surface area contributed by atoms with Crippen molar-refractivity contribution in [3.05, 3.63) is 53.1 Å². The van der Waals surface area contributed by atoms with Crippen molar-refractivity contribution in [2.75, 3.05) is 0 Å². The second-order valence-corrected chi connectivity index (χ2v) is 4.51. The first kappa shape index (κ1) is 13.7. The molecule has 0 aliphatic rings. The summed E-state index contributed by atoms with van der Waals surface area (Å²) in [6.07, 6.45) is 2.69. The molecule has 1 aromatic carbocycles. The van der Waals surface area contributed by atoms with Crippen molar-refractivity contribution < 1.29 is 13.9 Å². The summed E-state index contributed by atoms with van der Waals surface area (Å²) in [5.74, 6) is -1.92. The molecule has 19 heavy (non-hydrogen) atoms. The summed E-state index contributed by atoms with van der Waals surface area (Å²) in [5, 5.41) is 10.2. The molecule has 2 rings (SSSR count). The van der Waals surface area contributed by atoms with Gasteiger partial charge >= 0.3 is 0 Å². The Morgan fingerprint density at radius 1 is 1.32 bits per heavy atom. The molecule has 0 aliphatic carbocycles. The molecular formula is C14H16F2N2O. The predicted molar refractivity (Wildman–Crippen MR) is 67.7 cm³/mol. The molecule has 0 spiro atoms. The number of rotatable bonds is 4. The molecule has 0 saturated heterocycles. The molecule has 1 heterocycles. The maximum atomic E-state index is 13.9. The first-order chi connectivity index (χ1) is 9.06. The van der Waals surface area contributed by atoms with Crippen LogP contribution in [0.2, 0.25) is 0 Å². The Labute approximate surface area is 110 Å². The van der Waals surface area contributed by atoms with E-state index in [0.717, 1.165) is 6.42 Å². The van der Waals surface area contributed by atoms with E-state index in [4.69, 9.17) is 0 Å². The van der Waals surface area contributed by atoms with Crippen LogP contribution in [-0.2, 0) is 6.54 Å². The first-order valence-corrected chi connectivity index (χ1v) is 6.18. The van der Waals surface area contributed by atoms with Gasteiger partial charge in [-0.15, -0.1) is 0 Å². The Morgan fingerprint density at radius 2 is 2.05 bits per heavy atom. The summed E-state index contributed by atoms with van der Waals surface area (Å²) < 4.78 is 29.1. The van der Waals surface area contributed by atoms with Gasteiger partial charge < -0.3 is 9.67 Å². The first-order valence-electron chi connectivity index (χ1n) is 6.18. The molecular weight excluding hydrogens is 250 g/mol. The molecule has 1 atom stereocenters. The van der Waals surface area contributed by atoms with Crippen LogP contribution in [0.4, 0.5) is 8.78 Å². The van der Waals surface area contributed by atoms with E-state index in [-0.39, 0.29) is 11.1 Å². The fraction of sp³-hybridized carbons (Fsp3) is 0.357. The van der Waals surface area contributed by atoms with Gasteiger partial charge in [0.25, 0.3) is 0 Å². The van der Waals surface area contributed by atoms with Gasteiger partial charge in [-0.3, -0.25) is 0 Å². The third-order valence-electron chi connectivity index (χ3n) is 3.09. The van der Waals surface area contributed by atoms with Gasteiger partial charge in [-0.2, -0.15) is 0 Å². The molecule has 102 valence electrons. The van der Waals surface area contributed by atoms with Crippen LogP contribution in [0, 0.1) is 18.6 Å². The minimum Gasteiger partial charge on any atom is -0.382 e. The molecule has 0 radical (unpaired) electrons. The molecule has 1 aromatic heterocycles. The molecule has 0 aliphatic heterocycles. The van der Waals surface area contributed by atoms with E-state index in [1.807, 2.05) is 6.92 Å². The number of benzene rings is 1. The number of hydrogen-bond donors (Lipinski definition) is 1. The van der Waals surface area contributed by atoms with Crippen molar-refractivity contribution >= 4 is 0 Å². The second kappa shape index (κ2) is 5.48. The number of hydrogen-bond acceptors (Lipinski definition) is 2. The lowest BCUT2D eigenvalue weighted by Gasteiger charge is -2.15. The maximum Gasteiger partial charge on any atom is 0.165 e. The zero-order valence-electron chi connectivity index (χ0n) is 10.9. The lowest BCUT2D eigenvalue weighted by atomic mass is 10.0. The number of aliphatic hydroxyl groups is 1. The van der Waals surface area contributed by atoms with E-state index >= 15 is 0 Å². The Bertz CT molecular complexity index is 581. The van der Waals surface area contributed by atoms with E-state index in [9.17, 15) is 13.9 Å². The van der Waals surface area contributed by atoms with Crippen molar-refractivity contribution in [2.24, 2.45) is 0 Å². The zero-order chi connectivity index (χ0) is 14.0. The van der Waals surface area contributed by atoms with Crippen molar-refractivity contribution in [3.63, 3.8) is 0 Å². The van der Waals surface area contributed by atoms with E-state index in [1.165, 1.54) is 25.3 Å². The third-order valence-corrected chi connectivity index (χ3v) is 3.09. The van der Waals surface area contributed by atoms with E-state index in [1.54, 1.807) is 10.9 Å². The molecule has 5 heteroatoms. The van der Waals surface area contributed by atoms with Gasteiger partial charge in [0.1, 0.15) is 6.10 Å². The van der Waals surface area contributed by atoms with Gasteiger partial charge in [0.2, 0.25) is 0 Å². The zero-order valence-corrected chi connectivity index (χ0v) is 10.9. The quantitative estimate of drug-likeness (QED) is 0.924. The van der Waals surface area contributed by atoms with Crippen molar-refractivity contribution in [3.8, 4) is 0 Å². The normalized spacial score (nSPS) is 12.7. The van der Waals surface area contributed by atoms with Gasteiger partial charge in [0.05, 0.1) is 18.2 Å². The number of aromatic nitrogens is 2. The highest BCUT2D eigenvalue weighted by atomic mass is 19.2. The lowest BCUT2D eigenvalue weighted by molar-refractivity contribution is 0.203. The third kappa shape index (κ3) is 2.51. The van der Waals surface area contributed by atoms with E-state index in [2.05, 4.69) is 4.98 Å². The Morgan fingerprint density at radius 3 is 2.74 bits per heavy atom. The fourth-order valence-corrected chi connectivity index (χ4v) is 2.02. The molecule has 0 amide bonds. The molecule has 3 nitrogen and oxygen atoms in total. The molecule has 1 N–H and O–H groups in total. The maximum absolute atomic E-state index is 13.9. The topological polar surface area (TPSA) is 38.0 Å².